The first kappa shape index (κ1) is 20.4. The summed E-state index contributed by atoms with van der Waals surface area (Å²) < 4.78 is 6.71. The van der Waals surface area contributed by atoms with Gasteiger partial charge in [-0.15, -0.1) is 0 Å². The van der Waals surface area contributed by atoms with Crippen molar-refractivity contribution < 1.29 is 14.3 Å². The fourth-order valence-corrected chi connectivity index (χ4v) is 3.08. The number of amides is 1. The molecule has 0 aliphatic rings. The SMILES string of the molecule is CC[C@@H](C)c1ccc(NC(=O)COC(=O)Cc2c(C)nc3ncnn3c2C)cc1. The van der Waals surface area contributed by atoms with Gasteiger partial charge in [0.2, 0.25) is 0 Å². The van der Waals surface area contributed by atoms with Crippen molar-refractivity contribution in [1.29, 1.82) is 0 Å². The number of benzene rings is 1. The zero-order valence-corrected chi connectivity index (χ0v) is 17.1. The summed E-state index contributed by atoms with van der Waals surface area (Å²) in [6.07, 6.45) is 2.48. The number of rotatable bonds is 7. The summed E-state index contributed by atoms with van der Waals surface area (Å²) in [7, 11) is 0. The van der Waals surface area contributed by atoms with E-state index < -0.39 is 5.97 Å². The average molecular weight is 395 g/mol. The minimum absolute atomic E-state index is 0.0113. The number of hydrogen-bond acceptors (Lipinski definition) is 6. The van der Waals surface area contributed by atoms with Crippen LogP contribution in [0.3, 0.4) is 0 Å². The second-order valence-corrected chi connectivity index (χ2v) is 7.05. The minimum atomic E-state index is -0.500. The number of nitrogens with one attached hydrogen (secondary N) is 1. The lowest BCUT2D eigenvalue weighted by Crippen LogP contribution is -2.22. The molecule has 29 heavy (non-hydrogen) atoms. The van der Waals surface area contributed by atoms with Crippen LogP contribution < -0.4 is 5.32 Å². The molecule has 0 aliphatic carbocycles. The van der Waals surface area contributed by atoms with Crippen molar-refractivity contribution >= 4 is 23.3 Å². The molecule has 1 amide bonds. The lowest BCUT2D eigenvalue weighted by Gasteiger charge is -2.11. The predicted molar refractivity (Wildman–Crippen MR) is 109 cm³/mol. The van der Waals surface area contributed by atoms with Crippen molar-refractivity contribution in [3.05, 3.63) is 53.1 Å². The minimum Gasteiger partial charge on any atom is -0.455 e. The van der Waals surface area contributed by atoms with E-state index in [0.717, 1.165) is 12.1 Å². The van der Waals surface area contributed by atoms with E-state index in [4.69, 9.17) is 4.74 Å². The number of ether oxygens (including phenoxy) is 1. The molecule has 0 bridgehead atoms. The third-order valence-corrected chi connectivity index (χ3v) is 5.05. The quantitative estimate of drug-likeness (QED) is 0.618. The van der Waals surface area contributed by atoms with Crippen LogP contribution in [0, 0.1) is 13.8 Å². The van der Waals surface area contributed by atoms with Crippen molar-refractivity contribution in [2.75, 3.05) is 11.9 Å². The van der Waals surface area contributed by atoms with Crippen molar-refractivity contribution in [3.8, 4) is 0 Å². The maximum atomic E-state index is 12.2. The summed E-state index contributed by atoms with van der Waals surface area (Å²) in [5, 5.41) is 6.84. The van der Waals surface area contributed by atoms with Crippen LogP contribution in [0.15, 0.2) is 30.6 Å². The van der Waals surface area contributed by atoms with Crippen LogP contribution >= 0.6 is 0 Å². The number of nitrogens with zero attached hydrogens (tertiary/aromatic N) is 4. The highest BCUT2D eigenvalue weighted by Crippen LogP contribution is 2.20. The number of fused-ring (bicyclic) bond motifs is 1. The van der Waals surface area contributed by atoms with E-state index in [1.807, 2.05) is 31.2 Å². The van der Waals surface area contributed by atoms with Gasteiger partial charge < -0.3 is 10.1 Å². The maximum Gasteiger partial charge on any atom is 0.310 e. The van der Waals surface area contributed by atoms with Gasteiger partial charge in [0.15, 0.2) is 6.61 Å². The van der Waals surface area contributed by atoms with E-state index in [2.05, 4.69) is 34.2 Å². The van der Waals surface area contributed by atoms with Crippen LogP contribution in [0.2, 0.25) is 0 Å². The zero-order valence-electron chi connectivity index (χ0n) is 17.1. The largest absolute Gasteiger partial charge is 0.455 e. The predicted octanol–water partition coefficient (Wildman–Crippen LogP) is 2.98. The molecule has 3 aromatic rings. The van der Waals surface area contributed by atoms with Gasteiger partial charge in [0.25, 0.3) is 11.7 Å². The van der Waals surface area contributed by atoms with Crippen LogP contribution in [-0.4, -0.2) is 38.1 Å². The Morgan fingerprint density at radius 3 is 2.62 bits per heavy atom. The number of hydrogen-bond donors (Lipinski definition) is 1. The highest BCUT2D eigenvalue weighted by atomic mass is 16.5. The van der Waals surface area contributed by atoms with Gasteiger partial charge in [-0.25, -0.2) is 9.50 Å². The molecule has 3 rings (SSSR count). The molecule has 8 heteroatoms. The average Bonchev–Trinajstić information content (AvgIpc) is 3.18. The molecule has 0 aliphatic heterocycles. The molecule has 152 valence electrons. The van der Waals surface area contributed by atoms with E-state index in [1.165, 1.54) is 11.9 Å². The molecule has 1 aromatic carbocycles. The molecular weight excluding hydrogens is 370 g/mol. The molecule has 0 fully saturated rings. The van der Waals surface area contributed by atoms with Gasteiger partial charge in [-0.2, -0.15) is 10.1 Å². The van der Waals surface area contributed by atoms with E-state index in [-0.39, 0.29) is 18.9 Å². The van der Waals surface area contributed by atoms with Crippen LogP contribution in [-0.2, 0) is 20.7 Å². The molecule has 0 unspecified atom stereocenters. The van der Waals surface area contributed by atoms with Crippen LogP contribution in [0.5, 0.6) is 0 Å². The Hall–Kier alpha value is -3.29. The van der Waals surface area contributed by atoms with Crippen molar-refractivity contribution in [1.82, 2.24) is 19.6 Å². The summed E-state index contributed by atoms with van der Waals surface area (Å²) in [4.78, 5) is 32.7. The second kappa shape index (κ2) is 8.81. The summed E-state index contributed by atoms with van der Waals surface area (Å²) >= 11 is 0. The lowest BCUT2D eigenvalue weighted by molar-refractivity contribution is -0.146. The Kier molecular flexibility index (Phi) is 6.21. The van der Waals surface area contributed by atoms with Crippen LogP contribution in [0.1, 0.15) is 48.7 Å². The second-order valence-electron chi connectivity index (χ2n) is 7.05. The lowest BCUT2D eigenvalue weighted by atomic mass is 9.99. The third-order valence-electron chi connectivity index (χ3n) is 5.05. The molecule has 2 aromatic heterocycles. The number of carbonyl (C=O) groups is 2. The van der Waals surface area contributed by atoms with Crippen molar-refractivity contribution in [2.24, 2.45) is 0 Å². The van der Waals surface area contributed by atoms with Gasteiger partial charge in [0, 0.05) is 22.6 Å². The van der Waals surface area contributed by atoms with Gasteiger partial charge >= 0.3 is 5.97 Å². The van der Waals surface area contributed by atoms with Gasteiger partial charge in [-0.1, -0.05) is 26.0 Å². The molecule has 2 heterocycles. The molecule has 0 saturated carbocycles. The molecule has 1 N–H and O–H groups in total. The summed E-state index contributed by atoms with van der Waals surface area (Å²) in [6, 6.07) is 7.70. The highest BCUT2D eigenvalue weighted by Gasteiger charge is 2.16. The molecule has 0 saturated heterocycles. The topological polar surface area (TPSA) is 98.5 Å². The smallest absolute Gasteiger partial charge is 0.310 e. The van der Waals surface area contributed by atoms with Gasteiger partial charge in [0.05, 0.1) is 6.42 Å². The van der Waals surface area contributed by atoms with E-state index in [1.54, 1.807) is 11.4 Å². The molecule has 8 nitrogen and oxygen atoms in total. The fraction of sp³-hybridized carbons (Fsp3) is 0.381. The summed E-state index contributed by atoms with van der Waals surface area (Å²) in [5.74, 6) is 0.0716. The van der Waals surface area contributed by atoms with Crippen LogP contribution in [0.25, 0.3) is 5.78 Å². The summed E-state index contributed by atoms with van der Waals surface area (Å²) in [6.45, 7) is 7.60. The highest BCUT2D eigenvalue weighted by molar-refractivity contribution is 5.92. The molecule has 1 atom stereocenters. The fourth-order valence-electron chi connectivity index (χ4n) is 3.08. The number of aryl methyl sites for hydroxylation is 2. The van der Waals surface area contributed by atoms with Gasteiger partial charge in [-0.3, -0.25) is 9.59 Å². The Morgan fingerprint density at radius 2 is 1.93 bits per heavy atom. The molecular formula is C21H25N5O3. The van der Waals surface area contributed by atoms with Crippen molar-refractivity contribution in [2.45, 2.75) is 46.5 Å². The standard InChI is InChI=1S/C21H25N5O3/c1-5-13(2)16-6-8-17(9-7-16)25-19(27)11-29-20(28)10-18-14(3)24-21-22-12-23-26(21)15(18)4/h6-9,12-13H,5,10-11H2,1-4H3,(H,25,27)/t13-/m1/s1. The molecule has 0 radical (unpaired) electrons. The van der Waals surface area contributed by atoms with Gasteiger partial charge in [0.1, 0.15) is 6.33 Å². The zero-order chi connectivity index (χ0) is 21.0. The number of carbonyl (C=O) groups excluding carboxylic acids is 2. The Morgan fingerprint density at radius 1 is 1.21 bits per heavy atom. The Balaban J connectivity index is 1.55. The number of esters is 1. The maximum absolute atomic E-state index is 12.2. The molecule has 0 spiro atoms. The Labute approximate surface area is 169 Å². The summed E-state index contributed by atoms with van der Waals surface area (Å²) in [5.41, 5.74) is 4.07. The van der Waals surface area contributed by atoms with E-state index in [9.17, 15) is 9.59 Å². The first-order valence-electron chi connectivity index (χ1n) is 9.60. The van der Waals surface area contributed by atoms with Crippen molar-refractivity contribution in [3.63, 3.8) is 0 Å². The first-order chi connectivity index (χ1) is 13.9. The Bertz CT molecular complexity index is 1030. The number of anilines is 1. The van der Waals surface area contributed by atoms with Gasteiger partial charge in [-0.05, 0) is 43.9 Å². The number of aromatic nitrogens is 4. The third kappa shape index (κ3) is 4.77. The first-order valence-corrected chi connectivity index (χ1v) is 9.60. The van der Waals surface area contributed by atoms with E-state index >= 15 is 0 Å². The van der Waals surface area contributed by atoms with Crippen LogP contribution in [0.4, 0.5) is 5.69 Å². The van der Waals surface area contributed by atoms with E-state index in [0.29, 0.717) is 28.6 Å². The monoisotopic (exact) mass is 395 g/mol. The normalized spacial score (nSPS) is 12.0.